The number of rotatable bonds is 10. The van der Waals surface area contributed by atoms with Crippen molar-refractivity contribution in [2.75, 3.05) is 25.7 Å². The van der Waals surface area contributed by atoms with Gasteiger partial charge in [0.25, 0.3) is 11.8 Å². The number of carbonyl (C=O) groups excluding carboxylic acids is 3. The van der Waals surface area contributed by atoms with Crippen molar-refractivity contribution in [1.29, 1.82) is 0 Å². The molecule has 18 heteroatoms. The number of hydrogen-bond donors (Lipinski definition) is 3. The zero-order valence-electron chi connectivity index (χ0n) is 20.7. The van der Waals surface area contributed by atoms with E-state index in [1.54, 1.807) is 6.92 Å². The predicted molar refractivity (Wildman–Crippen MR) is 142 cm³/mol. The van der Waals surface area contributed by atoms with E-state index >= 15 is 0 Å². The first-order chi connectivity index (χ1) is 18.6. The number of methoxy groups -OCH3 is 1. The Balaban J connectivity index is 1.53. The number of nitrogens with two attached hydrogens (primary N) is 1. The number of ether oxygens (including phenoxy) is 1. The molecule has 0 unspecified atom stereocenters. The predicted octanol–water partition coefficient (Wildman–Crippen LogP) is 0.518. The van der Waals surface area contributed by atoms with Crippen molar-refractivity contribution in [3.05, 3.63) is 39.7 Å². The van der Waals surface area contributed by atoms with Gasteiger partial charge >= 0.3 is 11.9 Å². The number of thiazole rings is 1. The topological polar surface area (TPSA) is 204 Å². The van der Waals surface area contributed by atoms with E-state index in [9.17, 15) is 24.3 Å². The fraction of sp³-hybridized carbons (Fsp3) is 0.333. The minimum absolute atomic E-state index is 0.0140. The summed E-state index contributed by atoms with van der Waals surface area (Å²) < 4.78 is 6.09. The number of esters is 1. The summed E-state index contributed by atoms with van der Waals surface area (Å²) in [7, 11) is 2.48. The van der Waals surface area contributed by atoms with E-state index < -0.39 is 35.2 Å². The number of oxime groups is 1. The molecule has 2 atom stereocenters. The van der Waals surface area contributed by atoms with Crippen LogP contribution in [0.15, 0.2) is 38.4 Å². The number of β-lactam (4-membered cyclic amide) rings is 1. The Labute approximate surface area is 233 Å². The summed E-state index contributed by atoms with van der Waals surface area (Å²) >= 11 is 3.32. The average Bonchev–Trinajstić information content (AvgIpc) is 3.54. The summed E-state index contributed by atoms with van der Waals surface area (Å²) in [6.07, 6.45) is 0. The zero-order chi connectivity index (χ0) is 28.4. The van der Waals surface area contributed by atoms with Crippen LogP contribution in [0.1, 0.15) is 23.2 Å². The van der Waals surface area contributed by atoms with Gasteiger partial charge in [0, 0.05) is 28.2 Å². The number of hydrogen-bond acceptors (Lipinski definition) is 14. The highest BCUT2D eigenvalue weighted by Crippen LogP contribution is 2.46. The maximum absolute atomic E-state index is 13.1. The molecule has 2 aliphatic heterocycles. The van der Waals surface area contributed by atoms with Gasteiger partial charge in [-0.15, -0.1) is 16.4 Å². The third-order valence-corrected chi connectivity index (χ3v) is 8.28. The molecular weight excluding hydrogens is 572 g/mol. The second-order valence-corrected chi connectivity index (χ2v) is 10.8. The molecular formula is C21H22N8O7S3. The van der Waals surface area contributed by atoms with Gasteiger partial charge in [0.05, 0.1) is 7.11 Å². The fourth-order valence-corrected chi connectivity index (χ4v) is 6.48. The molecule has 4 rings (SSSR count). The lowest BCUT2D eigenvalue weighted by Crippen LogP contribution is -2.70. The lowest BCUT2D eigenvalue weighted by Gasteiger charge is -2.49. The van der Waals surface area contributed by atoms with Gasteiger partial charge < -0.3 is 25.7 Å². The molecule has 2 aromatic heterocycles. The highest BCUT2D eigenvalue weighted by atomic mass is 32.2. The SMILES string of the molecule is C=C1S[C@@H]2[C@H](NC(=O)C(=NOC)c3csc(N)n3)C(=O)N2C(C(=O)O)=C1CSc1nc(C(=O)OC)n(CC)n1. The summed E-state index contributed by atoms with van der Waals surface area (Å²) in [5.41, 5.74) is 5.66. The molecule has 39 heavy (non-hydrogen) atoms. The van der Waals surface area contributed by atoms with Crippen LogP contribution in [0.5, 0.6) is 0 Å². The largest absolute Gasteiger partial charge is 0.477 e. The van der Waals surface area contributed by atoms with Crippen LogP contribution < -0.4 is 11.1 Å². The zero-order valence-corrected chi connectivity index (χ0v) is 23.2. The number of aryl methyl sites for hydroxylation is 1. The van der Waals surface area contributed by atoms with Crippen molar-refractivity contribution < 1.29 is 33.9 Å². The third kappa shape index (κ3) is 5.34. The van der Waals surface area contributed by atoms with Gasteiger partial charge in [0.2, 0.25) is 11.0 Å². The van der Waals surface area contributed by atoms with Crippen molar-refractivity contribution in [2.24, 2.45) is 5.16 Å². The van der Waals surface area contributed by atoms with Crippen LogP contribution in [-0.2, 0) is 30.5 Å². The second kappa shape index (κ2) is 11.5. The Morgan fingerprint density at radius 2 is 2.08 bits per heavy atom. The van der Waals surface area contributed by atoms with E-state index in [2.05, 4.69) is 32.1 Å². The standard InChI is InChI=1S/C21H22N8O7S3/c1-5-28-14(19(34)35-3)25-21(26-28)38-6-9-8(2)39-17-12(16(31)29(17)13(9)18(32)33)24-15(30)11(27-36-4)10-7-37-20(22)23-10/h7,12,17H,2,5-6H2,1,3-4H3,(H2,22,23)(H,24,30)(H,32,33)/t12-,17-/m1/s1. The molecule has 4 heterocycles. The van der Waals surface area contributed by atoms with Crippen LogP contribution in [0.4, 0.5) is 5.13 Å². The minimum Gasteiger partial charge on any atom is -0.477 e. The third-order valence-electron chi connectivity index (χ3n) is 5.49. The summed E-state index contributed by atoms with van der Waals surface area (Å²) in [4.78, 5) is 64.6. The number of carboxylic acid groups (broad SMARTS) is 1. The number of nitrogen functional groups attached to an aromatic ring is 1. The maximum Gasteiger partial charge on any atom is 0.375 e. The van der Waals surface area contributed by atoms with Crippen molar-refractivity contribution in [3.8, 4) is 0 Å². The second-order valence-electron chi connectivity index (χ2n) is 7.73. The molecule has 2 amide bonds. The number of nitrogens with zero attached hydrogens (tertiary/aromatic N) is 6. The average molecular weight is 595 g/mol. The first-order valence-electron chi connectivity index (χ1n) is 11.1. The van der Waals surface area contributed by atoms with Crippen LogP contribution in [-0.4, -0.2) is 90.6 Å². The Kier molecular flexibility index (Phi) is 8.26. The molecule has 0 aliphatic carbocycles. The first kappa shape index (κ1) is 28.1. The van der Waals surface area contributed by atoms with Gasteiger partial charge in [-0.2, -0.15) is 4.98 Å². The molecule has 2 aliphatic rings. The van der Waals surface area contributed by atoms with Gasteiger partial charge in [-0.1, -0.05) is 35.3 Å². The Morgan fingerprint density at radius 1 is 1.33 bits per heavy atom. The highest BCUT2D eigenvalue weighted by molar-refractivity contribution is 8.04. The minimum atomic E-state index is -1.34. The Hall–Kier alpha value is -3.90. The summed E-state index contributed by atoms with van der Waals surface area (Å²) in [5, 5.41) is 21.7. The first-order valence-corrected chi connectivity index (χ1v) is 13.8. The molecule has 1 fully saturated rings. The van der Waals surface area contributed by atoms with Crippen molar-refractivity contribution in [1.82, 2.24) is 30.0 Å². The van der Waals surface area contributed by atoms with E-state index in [0.29, 0.717) is 17.0 Å². The van der Waals surface area contributed by atoms with E-state index in [1.165, 1.54) is 24.3 Å². The number of nitrogens with one attached hydrogen (secondary N) is 1. The molecule has 0 radical (unpaired) electrons. The number of thioether (sulfide) groups is 2. The number of anilines is 1. The monoisotopic (exact) mass is 594 g/mol. The van der Waals surface area contributed by atoms with Crippen molar-refractivity contribution in [3.63, 3.8) is 0 Å². The van der Waals surface area contributed by atoms with E-state index in [4.69, 9.17) is 15.3 Å². The molecule has 1 saturated heterocycles. The fourth-order valence-electron chi connectivity index (χ4n) is 3.71. The number of carbonyl (C=O) groups is 4. The van der Waals surface area contributed by atoms with Gasteiger partial charge in [0.15, 0.2) is 10.8 Å². The van der Waals surface area contributed by atoms with Crippen molar-refractivity contribution in [2.45, 2.75) is 30.0 Å². The van der Waals surface area contributed by atoms with E-state index in [-0.39, 0.29) is 39.0 Å². The number of aromatic nitrogens is 4. The molecule has 2 aromatic rings. The van der Waals surface area contributed by atoms with Crippen molar-refractivity contribution >= 4 is 69.5 Å². The Morgan fingerprint density at radius 3 is 2.67 bits per heavy atom. The molecule has 4 N–H and O–H groups in total. The van der Waals surface area contributed by atoms with Gasteiger partial charge in [-0.3, -0.25) is 14.5 Å². The van der Waals surface area contributed by atoms with Crippen LogP contribution in [0.25, 0.3) is 0 Å². The lowest BCUT2D eigenvalue weighted by molar-refractivity contribution is -0.150. The smallest absolute Gasteiger partial charge is 0.375 e. The maximum atomic E-state index is 13.1. The normalized spacial score (nSPS) is 18.9. The molecule has 0 bridgehead atoms. The molecule has 0 aromatic carbocycles. The molecule has 0 saturated carbocycles. The van der Waals surface area contributed by atoms with Crippen LogP contribution in [0.3, 0.4) is 0 Å². The molecule has 15 nitrogen and oxygen atoms in total. The van der Waals surface area contributed by atoms with Crippen LogP contribution in [0.2, 0.25) is 0 Å². The Bertz CT molecular complexity index is 1430. The van der Waals surface area contributed by atoms with E-state index in [0.717, 1.165) is 39.8 Å². The number of fused-ring (bicyclic) bond motifs is 1. The van der Waals surface area contributed by atoms with E-state index in [1.807, 2.05) is 0 Å². The highest BCUT2D eigenvalue weighted by Gasteiger charge is 2.55. The number of aliphatic carboxylic acids is 1. The van der Waals surface area contributed by atoms with Gasteiger partial charge in [0.1, 0.15) is 29.9 Å². The summed E-state index contributed by atoms with van der Waals surface area (Å²) in [5.74, 6) is -3.28. The van der Waals surface area contributed by atoms with Gasteiger partial charge in [-0.05, 0) is 6.92 Å². The van der Waals surface area contributed by atoms with Gasteiger partial charge in [-0.25, -0.2) is 19.3 Å². The van der Waals surface area contributed by atoms with Crippen LogP contribution >= 0.6 is 34.9 Å². The summed E-state index contributed by atoms with van der Waals surface area (Å²) in [6, 6.07) is -1.05. The number of amides is 2. The summed E-state index contributed by atoms with van der Waals surface area (Å²) in [6.45, 7) is 6.13. The number of carboxylic acids is 1. The van der Waals surface area contributed by atoms with Crippen LogP contribution in [0, 0.1) is 0 Å². The molecule has 0 spiro atoms. The quantitative estimate of drug-likeness (QED) is 0.113. The molecule has 206 valence electrons. The number of allylic oxidation sites excluding steroid dienone is 1. The lowest BCUT2D eigenvalue weighted by atomic mass is 10.0.